The van der Waals surface area contributed by atoms with Gasteiger partial charge in [-0.2, -0.15) is 0 Å². The Morgan fingerprint density at radius 1 is 1.07 bits per heavy atom. The molecule has 1 saturated heterocycles. The van der Waals surface area contributed by atoms with Crippen LogP contribution < -0.4 is 9.64 Å². The minimum Gasteiger partial charge on any atom is -0.497 e. The molecule has 154 valence electrons. The van der Waals surface area contributed by atoms with Crippen LogP contribution in [0.1, 0.15) is 42.7 Å². The van der Waals surface area contributed by atoms with E-state index < -0.39 is 0 Å². The fraction of sp³-hybridized carbons (Fsp3) is 0.458. The van der Waals surface area contributed by atoms with Gasteiger partial charge in [0.2, 0.25) is 5.91 Å². The number of carbonyl (C=O) groups is 1. The first kappa shape index (κ1) is 19.7. The number of fused-ring (bicyclic) bond motifs is 1. The third-order valence-corrected chi connectivity index (χ3v) is 6.25. The van der Waals surface area contributed by atoms with Gasteiger partial charge in [-0.25, -0.2) is 4.39 Å². The molecule has 1 heterocycles. The molecule has 29 heavy (non-hydrogen) atoms. The highest BCUT2D eigenvalue weighted by Gasteiger charge is 2.26. The zero-order valence-corrected chi connectivity index (χ0v) is 17.1. The van der Waals surface area contributed by atoms with Crippen molar-refractivity contribution in [3.05, 3.63) is 59.4 Å². The Balaban J connectivity index is 1.39. The van der Waals surface area contributed by atoms with Crippen molar-refractivity contribution >= 4 is 11.6 Å². The smallest absolute Gasteiger partial charge is 0.223 e. The lowest BCUT2D eigenvalue weighted by Crippen LogP contribution is -2.36. The first-order chi connectivity index (χ1) is 14.1. The summed E-state index contributed by atoms with van der Waals surface area (Å²) in [6.07, 6.45) is 4.77. The minimum absolute atomic E-state index is 0.217. The van der Waals surface area contributed by atoms with Crippen LogP contribution in [0, 0.1) is 5.82 Å². The molecule has 2 aliphatic rings. The van der Waals surface area contributed by atoms with Crippen LogP contribution in [-0.4, -0.2) is 44.1 Å². The molecule has 0 saturated carbocycles. The summed E-state index contributed by atoms with van der Waals surface area (Å²) in [7, 11) is 1.69. The number of methoxy groups -OCH3 is 1. The van der Waals surface area contributed by atoms with E-state index in [0.29, 0.717) is 12.3 Å². The fourth-order valence-electron chi connectivity index (χ4n) is 4.65. The summed E-state index contributed by atoms with van der Waals surface area (Å²) in [5.74, 6) is 1.23. The molecule has 0 bridgehead atoms. The van der Waals surface area contributed by atoms with Gasteiger partial charge in [0.1, 0.15) is 11.6 Å². The number of nitrogens with zero attached hydrogens (tertiary/aromatic N) is 2. The number of aryl methyl sites for hydroxylation is 1. The van der Waals surface area contributed by atoms with Crippen molar-refractivity contribution in [2.75, 3.05) is 38.2 Å². The molecular weight excluding hydrogens is 367 g/mol. The molecule has 1 aliphatic heterocycles. The molecule has 0 spiro atoms. The Morgan fingerprint density at radius 3 is 2.69 bits per heavy atom. The Bertz CT molecular complexity index is 852. The standard InChI is InChI=1S/C24H29FN2O2/c1-29-22-10-11-23-18(16-22)4-2-5-19(23)17-24(28)27-13-3-12-26(14-15-27)21-8-6-20(25)7-9-21/h6-11,16,19H,2-5,12-15,17H2,1H3. The van der Waals surface area contributed by atoms with Crippen molar-refractivity contribution in [2.24, 2.45) is 0 Å². The lowest BCUT2D eigenvalue weighted by molar-refractivity contribution is -0.131. The molecule has 1 unspecified atom stereocenters. The maximum Gasteiger partial charge on any atom is 0.223 e. The van der Waals surface area contributed by atoms with Crippen molar-refractivity contribution in [1.29, 1.82) is 0 Å². The van der Waals surface area contributed by atoms with Gasteiger partial charge >= 0.3 is 0 Å². The number of anilines is 1. The van der Waals surface area contributed by atoms with Gasteiger partial charge in [0.15, 0.2) is 0 Å². The van der Waals surface area contributed by atoms with Crippen LogP contribution in [-0.2, 0) is 11.2 Å². The van der Waals surface area contributed by atoms with Crippen molar-refractivity contribution in [3.8, 4) is 5.75 Å². The molecule has 2 aromatic carbocycles. The van der Waals surface area contributed by atoms with Crippen LogP contribution in [0.4, 0.5) is 10.1 Å². The highest BCUT2D eigenvalue weighted by molar-refractivity contribution is 5.77. The van der Waals surface area contributed by atoms with Gasteiger partial charge in [-0.05, 0) is 79.1 Å². The van der Waals surface area contributed by atoms with E-state index in [2.05, 4.69) is 17.0 Å². The zero-order chi connectivity index (χ0) is 20.2. The second kappa shape index (κ2) is 8.85. The topological polar surface area (TPSA) is 32.8 Å². The van der Waals surface area contributed by atoms with Gasteiger partial charge in [-0.3, -0.25) is 4.79 Å². The summed E-state index contributed by atoms with van der Waals surface area (Å²) >= 11 is 0. The molecule has 0 N–H and O–H groups in total. The van der Waals surface area contributed by atoms with Gasteiger partial charge in [-0.15, -0.1) is 0 Å². The largest absolute Gasteiger partial charge is 0.497 e. The third kappa shape index (κ3) is 4.55. The summed E-state index contributed by atoms with van der Waals surface area (Å²) in [4.78, 5) is 17.3. The van der Waals surface area contributed by atoms with Gasteiger partial charge in [0.25, 0.3) is 0 Å². The summed E-state index contributed by atoms with van der Waals surface area (Å²) in [6.45, 7) is 3.19. The molecule has 4 nitrogen and oxygen atoms in total. The van der Waals surface area contributed by atoms with E-state index in [0.717, 1.165) is 63.3 Å². The number of ether oxygens (including phenoxy) is 1. The van der Waals surface area contributed by atoms with Crippen molar-refractivity contribution in [3.63, 3.8) is 0 Å². The lowest BCUT2D eigenvalue weighted by atomic mass is 9.80. The van der Waals surface area contributed by atoms with E-state index >= 15 is 0 Å². The molecule has 1 amide bonds. The normalized spacial score (nSPS) is 19.4. The molecule has 4 rings (SSSR count). The predicted molar refractivity (Wildman–Crippen MR) is 113 cm³/mol. The lowest BCUT2D eigenvalue weighted by Gasteiger charge is -2.28. The number of amides is 1. The zero-order valence-electron chi connectivity index (χ0n) is 17.1. The first-order valence-corrected chi connectivity index (χ1v) is 10.6. The van der Waals surface area contributed by atoms with Gasteiger partial charge in [-0.1, -0.05) is 6.07 Å². The second-order valence-corrected chi connectivity index (χ2v) is 8.06. The van der Waals surface area contributed by atoms with E-state index in [1.54, 1.807) is 7.11 Å². The maximum absolute atomic E-state index is 13.2. The molecule has 0 aromatic heterocycles. The maximum atomic E-state index is 13.2. The van der Waals surface area contributed by atoms with Crippen LogP contribution in [0.5, 0.6) is 5.75 Å². The average molecular weight is 397 g/mol. The van der Waals surface area contributed by atoms with E-state index in [4.69, 9.17) is 4.74 Å². The number of carbonyl (C=O) groups excluding carboxylic acids is 1. The molecule has 2 aromatic rings. The number of hydrogen-bond donors (Lipinski definition) is 0. The quantitative estimate of drug-likeness (QED) is 0.769. The molecule has 1 atom stereocenters. The number of benzene rings is 2. The highest BCUT2D eigenvalue weighted by atomic mass is 19.1. The monoisotopic (exact) mass is 396 g/mol. The third-order valence-electron chi connectivity index (χ3n) is 6.25. The van der Waals surface area contributed by atoms with Crippen LogP contribution in [0.25, 0.3) is 0 Å². The Morgan fingerprint density at radius 2 is 1.90 bits per heavy atom. The van der Waals surface area contributed by atoms with Crippen LogP contribution in [0.15, 0.2) is 42.5 Å². The summed E-state index contributed by atoms with van der Waals surface area (Å²) in [6, 6.07) is 12.9. The van der Waals surface area contributed by atoms with Gasteiger partial charge in [0.05, 0.1) is 7.11 Å². The molecule has 1 fully saturated rings. The molecule has 0 radical (unpaired) electrons. The Hall–Kier alpha value is -2.56. The molecule has 5 heteroatoms. The fourth-order valence-corrected chi connectivity index (χ4v) is 4.65. The van der Waals surface area contributed by atoms with E-state index in [9.17, 15) is 9.18 Å². The summed E-state index contributed by atoms with van der Waals surface area (Å²) in [5, 5.41) is 0. The first-order valence-electron chi connectivity index (χ1n) is 10.6. The summed E-state index contributed by atoms with van der Waals surface area (Å²) < 4.78 is 18.6. The van der Waals surface area contributed by atoms with Crippen molar-refractivity contribution in [2.45, 2.75) is 38.0 Å². The van der Waals surface area contributed by atoms with Gasteiger partial charge < -0.3 is 14.5 Å². The minimum atomic E-state index is -0.217. The van der Waals surface area contributed by atoms with Crippen LogP contribution in [0.2, 0.25) is 0 Å². The second-order valence-electron chi connectivity index (χ2n) is 8.06. The van der Waals surface area contributed by atoms with E-state index in [1.807, 2.05) is 23.1 Å². The van der Waals surface area contributed by atoms with Crippen molar-refractivity contribution in [1.82, 2.24) is 4.90 Å². The van der Waals surface area contributed by atoms with E-state index in [1.165, 1.54) is 23.3 Å². The average Bonchev–Trinajstić information content (AvgIpc) is 3.00. The molecular formula is C24H29FN2O2. The Kier molecular flexibility index (Phi) is 6.02. The van der Waals surface area contributed by atoms with Gasteiger partial charge in [0, 0.05) is 38.3 Å². The Labute approximate surface area is 172 Å². The number of rotatable bonds is 4. The predicted octanol–water partition coefficient (Wildman–Crippen LogP) is 4.38. The van der Waals surface area contributed by atoms with Crippen molar-refractivity contribution < 1.29 is 13.9 Å². The number of halogens is 1. The van der Waals surface area contributed by atoms with Crippen LogP contribution in [0.3, 0.4) is 0 Å². The molecule has 1 aliphatic carbocycles. The summed E-state index contributed by atoms with van der Waals surface area (Å²) in [5.41, 5.74) is 3.66. The SMILES string of the molecule is COc1ccc2c(c1)CCCC2CC(=O)N1CCCN(c2ccc(F)cc2)CC1. The number of hydrogen-bond acceptors (Lipinski definition) is 3. The van der Waals surface area contributed by atoms with Crippen LogP contribution >= 0.6 is 0 Å². The highest BCUT2D eigenvalue weighted by Crippen LogP contribution is 2.36. The van der Waals surface area contributed by atoms with E-state index in [-0.39, 0.29) is 11.7 Å².